The van der Waals surface area contributed by atoms with E-state index in [9.17, 15) is 0 Å². The van der Waals surface area contributed by atoms with Crippen LogP contribution in [0.4, 0.5) is 0 Å². The van der Waals surface area contributed by atoms with Crippen LogP contribution in [0.1, 0.15) is 78.1 Å². The summed E-state index contributed by atoms with van der Waals surface area (Å²) in [6, 6.07) is 0. The summed E-state index contributed by atoms with van der Waals surface area (Å²) in [5.41, 5.74) is 0. The maximum atomic E-state index is 5.57. The van der Waals surface area contributed by atoms with E-state index in [1.54, 1.807) is 0 Å². The molecule has 1 aliphatic rings. The van der Waals surface area contributed by atoms with Gasteiger partial charge in [-0.25, -0.2) is 9.78 Å². The highest BCUT2D eigenvalue weighted by molar-refractivity contribution is 4.60. The van der Waals surface area contributed by atoms with Crippen LogP contribution in [0, 0.1) is 5.92 Å². The average molecular weight is 242 g/mol. The molecule has 0 amide bonds. The van der Waals surface area contributed by atoms with Crippen LogP contribution < -0.4 is 0 Å². The number of rotatable bonds is 3. The first-order chi connectivity index (χ1) is 8.29. The Morgan fingerprint density at radius 1 is 0.941 bits per heavy atom. The van der Waals surface area contributed by atoms with Gasteiger partial charge in [0.2, 0.25) is 0 Å². The molecule has 1 unspecified atom stereocenters. The minimum atomic E-state index is 0.330. The van der Waals surface area contributed by atoms with E-state index in [4.69, 9.17) is 9.78 Å². The van der Waals surface area contributed by atoms with Crippen LogP contribution in [-0.2, 0) is 9.78 Å². The van der Waals surface area contributed by atoms with E-state index in [0.717, 1.165) is 25.4 Å². The Labute approximate surface area is 107 Å². The Bertz CT molecular complexity index is 156. The quantitative estimate of drug-likeness (QED) is 0.657. The van der Waals surface area contributed by atoms with Gasteiger partial charge in [0.1, 0.15) is 0 Å². The molecule has 17 heavy (non-hydrogen) atoms. The smallest absolute Gasteiger partial charge is 0.0930 e. The highest BCUT2D eigenvalue weighted by atomic mass is 17.2. The van der Waals surface area contributed by atoms with Crippen LogP contribution in [0.2, 0.25) is 0 Å². The summed E-state index contributed by atoms with van der Waals surface area (Å²) < 4.78 is 0. The van der Waals surface area contributed by atoms with Crippen molar-refractivity contribution < 1.29 is 9.78 Å². The summed E-state index contributed by atoms with van der Waals surface area (Å²) in [5, 5.41) is 0. The summed E-state index contributed by atoms with van der Waals surface area (Å²) in [4.78, 5) is 10.9. The van der Waals surface area contributed by atoms with Crippen molar-refractivity contribution in [1.82, 2.24) is 0 Å². The van der Waals surface area contributed by atoms with Crippen molar-refractivity contribution in [3.8, 4) is 0 Å². The third kappa shape index (κ3) is 8.62. The SMILES string of the molecule is CC(C)CCC1CCCCCCCCCOO1. The number of hydrogen-bond acceptors (Lipinski definition) is 2. The summed E-state index contributed by atoms with van der Waals surface area (Å²) in [6.07, 6.45) is 13.2. The standard InChI is InChI=1S/C15H30O2/c1-14(2)11-12-15-10-8-6-4-3-5-7-9-13-16-17-15/h14-15H,3-13H2,1-2H3. The summed E-state index contributed by atoms with van der Waals surface area (Å²) >= 11 is 0. The van der Waals surface area contributed by atoms with E-state index in [1.165, 1.54) is 51.4 Å². The molecule has 1 heterocycles. The van der Waals surface area contributed by atoms with Crippen LogP contribution in [0.15, 0.2) is 0 Å². The Hall–Kier alpha value is -0.0800. The van der Waals surface area contributed by atoms with Crippen molar-refractivity contribution in [2.24, 2.45) is 5.92 Å². The van der Waals surface area contributed by atoms with Crippen LogP contribution >= 0.6 is 0 Å². The summed E-state index contributed by atoms with van der Waals surface area (Å²) in [6.45, 7) is 5.32. The largest absolute Gasteiger partial charge is 0.236 e. The normalized spacial score (nSPS) is 25.2. The molecular weight excluding hydrogens is 212 g/mol. The lowest BCUT2D eigenvalue weighted by Gasteiger charge is -2.18. The lowest BCUT2D eigenvalue weighted by atomic mass is 10.0. The molecule has 1 rings (SSSR count). The molecule has 2 nitrogen and oxygen atoms in total. The topological polar surface area (TPSA) is 18.5 Å². The fourth-order valence-corrected chi connectivity index (χ4v) is 2.32. The van der Waals surface area contributed by atoms with E-state index >= 15 is 0 Å². The van der Waals surface area contributed by atoms with Crippen molar-refractivity contribution in [2.45, 2.75) is 84.2 Å². The van der Waals surface area contributed by atoms with Gasteiger partial charge in [0, 0.05) is 0 Å². The van der Waals surface area contributed by atoms with Crippen molar-refractivity contribution in [3.63, 3.8) is 0 Å². The number of hydrogen-bond donors (Lipinski definition) is 0. The molecule has 1 fully saturated rings. The zero-order valence-electron chi connectivity index (χ0n) is 11.7. The Balaban J connectivity index is 2.22. The van der Waals surface area contributed by atoms with Gasteiger partial charge in [-0.3, -0.25) is 0 Å². The van der Waals surface area contributed by atoms with Gasteiger partial charge in [0.25, 0.3) is 0 Å². The first kappa shape index (κ1) is 15.0. The van der Waals surface area contributed by atoms with Gasteiger partial charge < -0.3 is 0 Å². The van der Waals surface area contributed by atoms with Gasteiger partial charge in [0.05, 0.1) is 12.7 Å². The molecule has 0 radical (unpaired) electrons. The minimum Gasteiger partial charge on any atom is -0.236 e. The molecule has 0 bridgehead atoms. The molecule has 0 aromatic rings. The van der Waals surface area contributed by atoms with Crippen molar-refractivity contribution in [1.29, 1.82) is 0 Å². The molecular formula is C15H30O2. The van der Waals surface area contributed by atoms with Gasteiger partial charge in [-0.2, -0.15) is 0 Å². The molecule has 0 aromatic heterocycles. The monoisotopic (exact) mass is 242 g/mol. The molecule has 102 valence electrons. The van der Waals surface area contributed by atoms with Gasteiger partial charge in [-0.15, -0.1) is 0 Å². The molecule has 1 aliphatic heterocycles. The molecule has 0 spiro atoms. The van der Waals surface area contributed by atoms with Crippen LogP contribution in [0.25, 0.3) is 0 Å². The predicted octanol–water partition coefficient (Wildman–Crippen LogP) is 4.87. The molecule has 0 N–H and O–H groups in total. The molecule has 0 aliphatic carbocycles. The highest BCUT2D eigenvalue weighted by Crippen LogP contribution is 2.18. The third-order valence-corrected chi connectivity index (χ3v) is 3.52. The molecule has 0 saturated carbocycles. The molecule has 1 atom stereocenters. The lowest BCUT2D eigenvalue weighted by molar-refractivity contribution is -0.327. The molecule has 1 saturated heterocycles. The van der Waals surface area contributed by atoms with Crippen molar-refractivity contribution >= 4 is 0 Å². The zero-order chi connectivity index (χ0) is 12.3. The Kier molecular flexibility index (Phi) is 8.72. The van der Waals surface area contributed by atoms with Crippen LogP contribution in [-0.4, -0.2) is 12.7 Å². The minimum absolute atomic E-state index is 0.330. The molecule has 2 heteroatoms. The first-order valence-corrected chi connectivity index (χ1v) is 7.57. The zero-order valence-corrected chi connectivity index (χ0v) is 11.7. The van der Waals surface area contributed by atoms with Crippen LogP contribution in [0.5, 0.6) is 0 Å². The maximum absolute atomic E-state index is 5.57. The van der Waals surface area contributed by atoms with E-state index in [1.807, 2.05) is 0 Å². The average Bonchev–Trinajstić information content (AvgIpc) is 2.28. The van der Waals surface area contributed by atoms with Gasteiger partial charge in [0.15, 0.2) is 0 Å². The second-order valence-corrected chi connectivity index (χ2v) is 5.77. The highest BCUT2D eigenvalue weighted by Gasteiger charge is 2.11. The first-order valence-electron chi connectivity index (χ1n) is 7.57. The second-order valence-electron chi connectivity index (χ2n) is 5.77. The van der Waals surface area contributed by atoms with Crippen molar-refractivity contribution in [3.05, 3.63) is 0 Å². The summed E-state index contributed by atoms with van der Waals surface area (Å²) in [7, 11) is 0. The van der Waals surface area contributed by atoms with Gasteiger partial charge in [-0.05, 0) is 31.6 Å². The summed E-state index contributed by atoms with van der Waals surface area (Å²) in [5.74, 6) is 0.764. The van der Waals surface area contributed by atoms with Crippen LogP contribution in [0.3, 0.4) is 0 Å². The third-order valence-electron chi connectivity index (χ3n) is 3.52. The van der Waals surface area contributed by atoms with Gasteiger partial charge in [-0.1, -0.05) is 52.4 Å². The van der Waals surface area contributed by atoms with Crippen molar-refractivity contribution in [2.75, 3.05) is 6.61 Å². The fourth-order valence-electron chi connectivity index (χ4n) is 2.32. The van der Waals surface area contributed by atoms with E-state index in [-0.39, 0.29) is 0 Å². The lowest BCUT2D eigenvalue weighted by Crippen LogP contribution is -2.15. The van der Waals surface area contributed by atoms with E-state index < -0.39 is 0 Å². The fraction of sp³-hybridized carbons (Fsp3) is 1.00. The van der Waals surface area contributed by atoms with E-state index in [2.05, 4.69) is 13.8 Å². The molecule has 0 aromatic carbocycles. The Morgan fingerprint density at radius 3 is 2.29 bits per heavy atom. The van der Waals surface area contributed by atoms with Gasteiger partial charge >= 0.3 is 0 Å². The Morgan fingerprint density at radius 2 is 1.59 bits per heavy atom. The second kappa shape index (κ2) is 9.90. The van der Waals surface area contributed by atoms with E-state index in [0.29, 0.717) is 6.10 Å². The maximum Gasteiger partial charge on any atom is 0.0930 e. The predicted molar refractivity (Wildman–Crippen MR) is 71.8 cm³/mol.